The topological polar surface area (TPSA) is 56.2 Å². The zero-order valence-electron chi connectivity index (χ0n) is 15.4. The number of ether oxygens (including phenoxy) is 1. The highest BCUT2D eigenvalue weighted by molar-refractivity contribution is 5.84. The molecule has 30 heavy (non-hydrogen) atoms. The first-order chi connectivity index (χ1) is 13.7. The second kappa shape index (κ2) is 8.48. The maximum atomic E-state index is 13.6. The molecule has 0 unspecified atom stereocenters. The molecule has 166 valence electrons. The van der Waals surface area contributed by atoms with Crippen molar-refractivity contribution in [3.63, 3.8) is 0 Å². The summed E-state index contributed by atoms with van der Waals surface area (Å²) in [6.45, 7) is 2.04. The van der Waals surface area contributed by atoms with E-state index >= 15 is 0 Å². The van der Waals surface area contributed by atoms with E-state index in [0.717, 1.165) is 12.1 Å². The van der Waals surface area contributed by atoms with E-state index in [4.69, 9.17) is 4.74 Å². The molecule has 0 saturated heterocycles. The fraction of sp³-hybridized carbons (Fsp3) is 0.412. The zero-order chi connectivity index (χ0) is 22.9. The van der Waals surface area contributed by atoms with E-state index in [-0.39, 0.29) is 10.7 Å². The summed E-state index contributed by atoms with van der Waals surface area (Å²) < 4.78 is 109. The average Bonchev–Trinajstić information content (AvgIpc) is 3.01. The molecule has 0 aliphatic carbocycles. The van der Waals surface area contributed by atoms with Gasteiger partial charge >= 0.3 is 18.4 Å². The van der Waals surface area contributed by atoms with Gasteiger partial charge in [-0.2, -0.15) is 31.4 Å². The third kappa shape index (κ3) is 5.83. The number of rotatable bonds is 5. The largest absolute Gasteiger partial charge is 0.444 e. The smallest absolute Gasteiger partial charge is 0.435 e. The Balaban J connectivity index is 2.23. The molecule has 1 amide bonds. The van der Waals surface area contributed by atoms with Gasteiger partial charge in [0, 0.05) is 12.1 Å². The highest BCUT2D eigenvalue weighted by Crippen LogP contribution is 2.35. The maximum Gasteiger partial charge on any atom is 0.435 e. The monoisotopic (exact) mass is 445 g/mol. The van der Waals surface area contributed by atoms with Crippen LogP contribution in [0.25, 0.3) is 0 Å². The van der Waals surface area contributed by atoms with Crippen LogP contribution < -0.4 is 5.32 Å². The van der Waals surface area contributed by atoms with Crippen LogP contribution in [0.1, 0.15) is 25.2 Å². The number of nitrogens with zero attached hydrogens (tertiary/aromatic N) is 2. The summed E-state index contributed by atoms with van der Waals surface area (Å²) in [5.41, 5.74) is -3.89. The van der Waals surface area contributed by atoms with E-state index in [2.05, 4.69) is 5.10 Å². The number of carbonyl (C=O) groups excluding carboxylic acids is 1. The molecule has 5 nitrogen and oxygen atoms in total. The summed E-state index contributed by atoms with van der Waals surface area (Å²) in [7, 11) is 0. The molecule has 0 spiro atoms. The lowest BCUT2D eigenvalue weighted by atomic mass is 10.1. The number of halogens is 8. The molecule has 2 aromatic rings. The van der Waals surface area contributed by atoms with Crippen LogP contribution in [0.4, 0.5) is 45.6 Å². The van der Waals surface area contributed by atoms with Gasteiger partial charge in [-0.15, -0.1) is 0 Å². The second-order valence-corrected chi connectivity index (χ2v) is 6.53. The van der Waals surface area contributed by atoms with Crippen molar-refractivity contribution in [2.75, 3.05) is 5.32 Å². The molecule has 0 saturated carbocycles. The van der Waals surface area contributed by atoms with E-state index in [9.17, 15) is 39.9 Å². The first-order valence-electron chi connectivity index (χ1n) is 8.33. The lowest BCUT2D eigenvalue weighted by molar-refractivity contribution is -0.145. The Morgan fingerprint density at radius 2 is 1.73 bits per heavy atom. The summed E-state index contributed by atoms with van der Waals surface area (Å²) in [6.07, 6.45) is -12.9. The Hall–Kier alpha value is -2.86. The van der Waals surface area contributed by atoms with Gasteiger partial charge in [0.15, 0.2) is 5.69 Å². The Labute approximate surface area is 164 Å². The minimum atomic E-state index is -5.14. The molecule has 0 fully saturated rings. The molecule has 1 aromatic carbocycles. The number of hydrogen-bond acceptors (Lipinski definition) is 3. The van der Waals surface area contributed by atoms with Gasteiger partial charge in [0.25, 0.3) is 0 Å². The van der Waals surface area contributed by atoms with Crippen LogP contribution in [-0.4, -0.2) is 22.0 Å². The fourth-order valence-corrected chi connectivity index (χ4v) is 2.35. The summed E-state index contributed by atoms with van der Waals surface area (Å²) in [6, 6.07) is 2.07. The molecule has 2 rings (SSSR count). The highest BCUT2D eigenvalue weighted by Gasteiger charge is 2.42. The Bertz CT molecular complexity index is 905. The third-order valence-electron chi connectivity index (χ3n) is 3.88. The lowest BCUT2D eigenvalue weighted by Crippen LogP contribution is -2.32. The van der Waals surface area contributed by atoms with Crippen molar-refractivity contribution < 1.29 is 44.7 Å². The Morgan fingerprint density at radius 1 is 1.10 bits per heavy atom. The molecule has 0 aliphatic heterocycles. The van der Waals surface area contributed by atoms with Crippen LogP contribution in [0.3, 0.4) is 0 Å². The van der Waals surface area contributed by atoms with Gasteiger partial charge in [-0.1, -0.05) is 13.8 Å². The van der Waals surface area contributed by atoms with Crippen molar-refractivity contribution in [3.8, 4) is 0 Å². The molecular weight excluding hydrogens is 430 g/mol. The first kappa shape index (κ1) is 23.4. The number of hydrogen-bond donors (Lipinski definition) is 1. The van der Waals surface area contributed by atoms with Crippen LogP contribution in [0.15, 0.2) is 24.3 Å². The van der Waals surface area contributed by atoms with E-state index in [1.807, 2.05) is 5.32 Å². The molecule has 13 heteroatoms. The normalized spacial score (nSPS) is 13.4. The molecule has 1 N–H and O–H groups in total. The Morgan fingerprint density at radius 3 is 2.23 bits per heavy atom. The number of anilines is 1. The predicted octanol–water partition coefficient (Wildman–Crippen LogP) is 5.47. The number of alkyl halides is 6. The molecule has 1 heterocycles. The number of benzene rings is 1. The SMILES string of the molecule is CC(C)[C@H](Cn1nc(C(F)(F)F)cc1C(F)(F)F)OC(=O)Nc1ccc(F)cc1F. The standard InChI is InChI=1S/C17H15F8N3O2/c1-8(2)12(30-15(29)26-11-4-3-9(18)5-10(11)19)7-28-14(17(23,24)25)6-13(27-28)16(20,21)22/h3-6,8,12H,7H2,1-2H3,(H,26,29)/t12-/m0/s1. The fourth-order valence-electron chi connectivity index (χ4n) is 2.35. The molecule has 0 radical (unpaired) electrons. The van der Waals surface area contributed by atoms with Gasteiger partial charge in [-0.25, -0.2) is 13.6 Å². The molecule has 1 atom stereocenters. The Kier molecular flexibility index (Phi) is 6.62. The minimum absolute atomic E-state index is 0.0548. The van der Waals surface area contributed by atoms with Crippen LogP contribution in [-0.2, 0) is 23.6 Å². The summed E-state index contributed by atoms with van der Waals surface area (Å²) in [4.78, 5) is 12.0. The number of carbonyl (C=O) groups is 1. The van der Waals surface area contributed by atoms with Crippen molar-refractivity contribution in [1.29, 1.82) is 0 Å². The van der Waals surface area contributed by atoms with Crippen molar-refractivity contribution in [3.05, 3.63) is 47.3 Å². The van der Waals surface area contributed by atoms with Gasteiger partial charge in [0.05, 0.1) is 12.2 Å². The molecular formula is C17H15F8N3O2. The number of aromatic nitrogens is 2. The third-order valence-corrected chi connectivity index (χ3v) is 3.88. The van der Waals surface area contributed by atoms with Crippen molar-refractivity contribution in [1.82, 2.24) is 9.78 Å². The van der Waals surface area contributed by atoms with Crippen molar-refractivity contribution in [2.24, 2.45) is 5.92 Å². The van der Waals surface area contributed by atoms with E-state index in [0.29, 0.717) is 6.07 Å². The molecule has 1 aromatic heterocycles. The summed E-state index contributed by atoms with van der Waals surface area (Å²) >= 11 is 0. The van der Waals surface area contributed by atoms with Crippen LogP contribution >= 0.6 is 0 Å². The van der Waals surface area contributed by atoms with E-state index in [1.54, 1.807) is 0 Å². The summed E-state index contributed by atoms with van der Waals surface area (Å²) in [5, 5.41) is 4.89. The van der Waals surface area contributed by atoms with Crippen molar-refractivity contribution in [2.45, 2.75) is 38.8 Å². The first-order valence-corrected chi connectivity index (χ1v) is 8.33. The van der Waals surface area contributed by atoms with E-state index < -0.39 is 65.7 Å². The lowest BCUT2D eigenvalue weighted by Gasteiger charge is -2.23. The van der Waals surface area contributed by atoms with Gasteiger partial charge in [-0.05, 0) is 18.1 Å². The van der Waals surface area contributed by atoms with Gasteiger partial charge < -0.3 is 4.74 Å². The number of amides is 1. The molecule has 0 aliphatic rings. The van der Waals surface area contributed by atoms with E-state index in [1.165, 1.54) is 13.8 Å². The van der Waals surface area contributed by atoms with Gasteiger partial charge in [0.1, 0.15) is 23.4 Å². The summed E-state index contributed by atoms with van der Waals surface area (Å²) in [5.74, 6) is -2.69. The van der Waals surface area contributed by atoms with Crippen molar-refractivity contribution >= 4 is 11.8 Å². The van der Waals surface area contributed by atoms with Gasteiger partial charge in [0.2, 0.25) is 0 Å². The van der Waals surface area contributed by atoms with Crippen LogP contribution in [0.2, 0.25) is 0 Å². The number of nitrogens with one attached hydrogen (secondary N) is 1. The van der Waals surface area contributed by atoms with Crippen LogP contribution in [0, 0.1) is 17.6 Å². The predicted molar refractivity (Wildman–Crippen MR) is 87.3 cm³/mol. The highest BCUT2D eigenvalue weighted by atomic mass is 19.4. The van der Waals surface area contributed by atoms with Gasteiger partial charge in [-0.3, -0.25) is 10.00 Å². The minimum Gasteiger partial charge on any atom is -0.444 e. The quantitative estimate of drug-likeness (QED) is 0.621. The maximum absolute atomic E-state index is 13.6. The average molecular weight is 445 g/mol. The molecule has 0 bridgehead atoms. The zero-order valence-corrected chi connectivity index (χ0v) is 15.4. The van der Waals surface area contributed by atoms with Crippen LogP contribution in [0.5, 0.6) is 0 Å². The second-order valence-electron chi connectivity index (χ2n) is 6.53.